The molecule has 0 saturated carbocycles. The fourth-order valence-corrected chi connectivity index (χ4v) is 2.87. The molecular formula is C14H13ClF2N2O. The molecule has 0 spiro atoms. The van der Waals surface area contributed by atoms with E-state index in [1.165, 1.54) is 0 Å². The quantitative estimate of drug-likeness (QED) is 0.821. The third-order valence-electron chi connectivity index (χ3n) is 3.79. The van der Waals surface area contributed by atoms with Crippen LogP contribution in [0, 0.1) is 11.6 Å². The van der Waals surface area contributed by atoms with E-state index in [0.717, 1.165) is 25.0 Å². The van der Waals surface area contributed by atoms with Gasteiger partial charge in [0, 0.05) is 30.1 Å². The zero-order valence-electron chi connectivity index (χ0n) is 10.6. The van der Waals surface area contributed by atoms with Crippen LogP contribution in [0.1, 0.15) is 24.3 Å². The Balaban J connectivity index is 2.05. The maximum atomic E-state index is 13.3. The molecule has 1 aromatic carbocycles. The standard InChI is InChI=1S/C14H13ClF2N2O/c15-19-3-1-8(2-4-19)10-5-9-6-11(16)12(17)7-13(9)18-14(10)20/h5-8H,1-4H2,(H,18,20). The van der Waals surface area contributed by atoms with Gasteiger partial charge in [0.2, 0.25) is 0 Å². The van der Waals surface area contributed by atoms with E-state index in [1.807, 2.05) is 0 Å². The van der Waals surface area contributed by atoms with Gasteiger partial charge in [0.1, 0.15) is 0 Å². The predicted octanol–water partition coefficient (Wildman–Crippen LogP) is 3.14. The van der Waals surface area contributed by atoms with Crippen LogP contribution in [0.25, 0.3) is 10.9 Å². The number of piperidine rings is 1. The highest BCUT2D eigenvalue weighted by Gasteiger charge is 2.22. The van der Waals surface area contributed by atoms with Crippen LogP contribution in [0.4, 0.5) is 8.78 Å². The zero-order valence-corrected chi connectivity index (χ0v) is 11.4. The molecule has 1 aliphatic heterocycles. The fraction of sp³-hybridized carbons (Fsp3) is 0.357. The molecule has 2 aromatic rings. The fourth-order valence-electron chi connectivity index (χ4n) is 2.68. The summed E-state index contributed by atoms with van der Waals surface area (Å²) in [6.45, 7) is 1.42. The lowest BCUT2D eigenvalue weighted by atomic mass is 9.90. The van der Waals surface area contributed by atoms with Crippen molar-refractivity contribution in [3.63, 3.8) is 0 Å². The van der Waals surface area contributed by atoms with Gasteiger partial charge in [0.15, 0.2) is 11.6 Å². The molecule has 0 radical (unpaired) electrons. The summed E-state index contributed by atoms with van der Waals surface area (Å²) >= 11 is 5.90. The van der Waals surface area contributed by atoms with Gasteiger partial charge in [-0.25, -0.2) is 13.2 Å². The Bertz CT molecular complexity index is 708. The van der Waals surface area contributed by atoms with Crippen LogP contribution >= 0.6 is 11.8 Å². The van der Waals surface area contributed by atoms with Crippen molar-refractivity contribution in [3.05, 3.63) is 45.8 Å². The number of hydrogen-bond acceptors (Lipinski definition) is 2. The second-order valence-electron chi connectivity index (χ2n) is 5.09. The number of rotatable bonds is 1. The summed E-state index contributed by atoms with van der Waals surface area (Å²) in [6.07, 6.45) is 1.56. The Morgan fingerprint density at radius 3 is 2.50 bits per heavy atom. The second kappa shape index (κ2) is 5.14. The number of nitrogens with zero attached hydrogens (tertiary/aromatic N) is 1. The molecule has 1 N–H and O–H groups in total. The van der Waals surface area contributed by atoms with Crippen molar-refractivity contribution >= 4 is 22.7 Å². The molecule has 0 aliphatic carbocycles. The first-order chi connectivity index (χ1) is 9.54. The molecule has 2 heterocycles. The molecule has 6 heteroatoms. The topological polar surface area (TPSA) is 36.1 Å². The molecular weight excluding hydrogens is 286 g/mol. The van der Waals surface area contributed by atoms with Gasteiger partial charge >= 0.3 is 0 Å². The zero-order chi connectivity index (χ0) is 14.3. The maximum absolute atomic E-state index is 13.3. The molecule has 106 valence electrons. The summed E-state index contributed by atoms with van der Waals surface area (Å²) in [6, 6.07) is 3.78. The molecule has 1 fully saturated rings. The Kier molecular flexibility index (Phi) is 3.48. The van der Waals surface area contributed by atoms with Gasteiger partial charge in [-0.05, 0) is 42.7 Å². The maximum Gasteiger partial charge on any atom is 0.251 e. The lowest BCUT2D eigenvalue weighted by molar-refractivity contribution is 0.335. The minimum Gasteiger partial charge on any atom is -0.322 e. The smallest absolute Gasteiger partial charge is 0.251 e. The van der Waals surface area contributed by atoms with Gasteiger partial charge in [-0.1, -0.05) is 0 Å². The molecule has 1 saturated heterocycles. The van der Waals surface area contributed by atoms with Crippen molar-refractivity contribution in [1.29, 1.82) is 0 Å². The molecule has 0 bridgehead atoms. The average molecular weight is 299 g/mol. The average Bonchev–Trinajstić information content (AvgIpc) is 2.41. The molecule has 0 unspecified atom stereocenters. The molecule has 3 rings (SSSR count). The van der Waals surface area contributed by atoms with Crippen LogP contribution in [-0.2, 0) is 0 Å². The monoisotopic (exact) mass is 298 g/mol. The highest BCUT2D eigenvalue weighted by molar-refractivity contribution is 6.13. The van der Waals surface area contributed by atoms with Crippen LogP contribution in [0.5, 0.6) is 0 Å². The summed E-state index contributed by atoms with van der Waals surface area (Å²) in [4.78, 5) is 14.7. The van der Waals surface area contributed by atoms with Crippen LogP contribution in [-0.4, -0.2) is 22.5 Å². The summed E-state index contributed by atoms with van der Waals surface area (Å²) in [5.41, 5.74) is 0.692. The van der Waals surface area contributed by atoms with Crippen molar-refractivity contribution in [2.75, 3.05) is 13.1 Å². The summed E-state index contributed by atoms with van der Waals surface area (Å²) in [5, 5.41) is 0.506. The van der Waals surface area contributed by atoms with E-state index in [1.54, 1.807) is 10.5 Å². The van der Waals surface area contributed by atoms with Crippen molar-refractivity contribution in [1.82, 2.24) is 9.40 Å². The highest BCUT2D eigenvalue weighted by Crippen LogP contribution is 2.28. The van der Waals surface area contributed by atoms with Crippen LogP contribution in [0.2, 0.25) is 0 Å². The Morgan fingerprint density at radius 2 is 1.80 bits per heavy atom. The van der Waals surface area contributed by atoms with E-state index in [-0.39, 0.29) is 11.5 Å². The highest BCUT2D eigenvalue weighted by atomic mass is 35.5. The van der Waals surface area contributed by atoms with E-state index in [2.05, 4.69) is 4.98 Å². The molecule has 20 heavy (non-hydrogen) atoms. The lowest BCUT2D eigenvalue weighted by Crippen LogP contribution is -2.28. The summed E-state index contributed by atoms with van der Waals surface area (Å²) in [5.74, 6) is -1.77. The SMILES string of the molecule is O=c1[nH]c2cc(F)c(F)cc2cc1C1CCN(Cl)CC1. The molecule has 0 atom stereocenters. The summed E-state index contributed by atoms with van der Waals surface area (Å²) in [7, 11) is 0. The lowest BCUT2D eigenvalue weighted by Gasteiger charge is -2.26. The number of H-pyrrole nitrogens is 1. The third kappa shape index (κ3) is 2.43. The van der Waals surface area contributed by atoms with Crippen LogP contribution < -0.4 is 5.56 Å². The van der Waals surface area contributed by atoms with Crippen molar-refractivity contribution in [2.24, 2.45) is 0 Å². The van der Waals surface area contributed by atoms with E-state index in [4.69, 9.17) is 11.8 Å². The van der Waals surface area contributed by atoms with E-state index in [0.29, 0.717) is 29.6 Å². The first-order valence-corrected chi connectivity index (χ1v) is 6.81. The first kappa shape index (κ1) is 13.5. The van der Waals surface area contributed by atoms with Gasteiger partial charge in [-0.3, -0.25) is 4.79 Å². The Labute approximate surface area is 119 Å². The molecule has 1 aromatic heterocycles. The second-order valence-corrected chi connectivity index (χ2v) is 5.57. The third-order valence-corrected chi connectivity index (χ3v) is 4.13. The first-order valence-electron chi connectivity index (χ1n) is 6.47. The number of halogens is 3. The Hall–Kier alpha value is -1.46. The Morgan fingerprint density at radius 1 is 1.15 bits per heavy atom. The van der Waals surface area contributed by atoms with Gasteiger partial charge in [0.25, 0.3) is 5.56 Å². The minimum atomic E-state index is -0.962. The number of fused-ring (bicyclic) bond motifs is 1. The van der Waals surface area contributed by atoms with E-state index in [9.17, 15) is 13.6 Å². The number of pyridine rings is 1. The number of aromatic nitrogens is 1. The van der Waals surface area contributed by atoms with Gasteiger partial charge < -0.3 is 4.98 Å². The van der Waals surface area contributed by atoms with Crippen LogP contribution in [0.15, 0.2) is 23.0 Å². The molecule has 0 amide bonds. The number of hydrogen-bond donors (Lipinski definition) is 1. The van der Waals surface area contributed by atoms with Gasteiger partial charge in [0.05, 0.1) is 5.52 Å². The number of aromatic amines is 1. The number of benzene rings is 1. The largest absolute Gasteiger partial charge is 0.322 e. The van der Waals surface area contributed by atoms with E-state index < -0.39 is 11.6 Å². The van der Waals surface area contributed by atoms with Gasteiger partial charge in [-0.2, -0.15) is 0 Å². The van der Waals surface area contributed by atoms with Crippen molar-refractivity contribution in [3.8, 4) is 0 Å². The normalized spacial score (nSPS) is 17.8. The molecule has 1 aliphatic rings. The van der Waals surface area contributed by atoms with E-state index >= 15 is 0 Å². The van der Waals surface area contributed by atoms with Crippen molar-refractivity contribution < 1.29 is 8.78 Å². The predicted molar refractivity (Wildman–Crippen MR) is 73.9 cm³/mol. The van der Waals surface area contributed by atoms with Gasteiger partial charge in [-0.15, -0.1) is 0 Å². The van der Waals surface area contributed by atoms with Crippen LogP contribution in [0.3, 0.4) is 0 Å². The van der Waals surface area contributed by atoms with Crippen molar-refractivity contribution in [2.45, 2.75) is 18.8 Å². The molecule has 3 nitrogen and oxygen atoms in total. The minimum absolute atomic E-state index is 0.103. The number of nitrogens with one attached hydrogen (secondary N) is 1. The summed E-state index contributed by atoms with van der Waals surface area (Å²) < 4.78 is 28.1.